The lowest BCUT2D eigenvalue weighted by Crippen LogP contribution is -2.15. The van der Waals surface area contributed by atoms with Crippen LogP contribution in [0.4, 0.5) is 0 Å². The van der Waals surface area contributed by atoms with E-state index in [1.807, 2.05) is 84.9 Å². The van der Waals surface area contributed by atoms with Gasteiger partial charge in [-0.25, -0.2) is 0 Å². The summed E-state index contributed by atoms with van der Waals surface area (Å²) in [7, 11) is 3.51. The number of hydrogen-bond donors (Lipinski definition) is 1. The smallest absolute Gasteiger partial charge is 0.258 e. The topological polar surface area (TPSA) is 76.9 Å². The third-order valence-corrected chi connectivity index (χ3v) is 6.35. The maximum atomic E-state index is 11.6. The summed E-state index contributed by atoms with van der Waals surface area (Å²) in [5, 5.41) is 5.22. The number of aryl methyl sites for hydroxylation is 2. The van der Waals surface area contributed by atoms with Gasteiger partial charge in [0.1, 0.15) is 0 Å². The summed E-state index contributed by atoms with van der Waals surface area (Å²) in [6.45, 7) is 0. The van der Waals surface area contributed by atoms with E-state index in [1.54, 1.807) is 41.8 Å². The Bertz CT molecular complexity index is 1850. The van der Waals surface area contributed by atoms with Crippen LogP contribution in [0, 0.1) is 0 Å². The molecular formula is C29H24BrN3O3. The van der Waals surface area contributed by atoms with E-state index in [0.29, 0.717) is 0 Å². The van der Waals surface area contributed by atoms with Crippen molar-refractivity contribution in [3.8, 4) is 0 Å². The predicted octanol–water partition coefficient (Wildman–Crippen LogP) is 5.37. The van der Waals surface area contributed by atoms with Gasteiger partial charge >= 0.3 is 0 Å². The number of H-pyrrole nitrogens is 1. The zero-order valence-electron chi connectivity index (χ0n) is 19.8. The summed E-state index contributed by atoms with van der Waals surface area (Å²) < 4.78 is 4.11. The predicted molar refractivity (Wildman–Crippen MR) is 151 cm³/mol. The molecule has 0 amide bonds. The van der Waals surface area contributed by atoms with Crippen LogP contribution in [-0.2, 0) is 14.1 Å². The quantitative estimate of drug-likeness (QED) is 0.281. The highest BCUT2D eigenvalue weighted by Gasteiger charge is 2.03. The van der Waals surface area contributed by atoms with E-state index < -0.39 is 0 Å². The van der Waals surface area contributed by atoms with Crippen LogP contribution in [0.2, 0.25) is 0 Å². The van der Waals surface area contributed by atoms with E-state index in [-0.39, 0.29) is 16.7 Å². The van der Waals surface area contributed by atoms with Crippen molar-refractivity contribution in [3.05, 3.63) is 139 Å². The highest BCUT2D eigenvalue weighted by Crippen LogP contribution is 2.19. The summed E-state index contributed by atoms with van der Waals surface area (Å²) in [4.78, 5) is 36.9. The Labute approximate surface area is 215 Å². The minimum absolute atomic E-state index is 0.0249. The third kappa shape index (κ3) is 5.37. The van der Waals surface area contributed by atoms with Crippen molar-refractivity contribution in [3.63, 3.8) is 0 Å². The Balaban J connectivity index is 0.000000127. The minimum atomic E-state index is -0.0249. The van der Waals surface area contributed by atoms with E-state index in [4.69, 9.17) is 0 Å². The summed E-state index contributed by atoms with van der Waals surface area (Å²) in [6, 6.07) is 26.5. The average molecular weight is 542 g/mol. The normalized spacial score (nSPS) is 10.4. The lowest BCUT2D eigenvalue weighted by Gasteiger charge is -2.02. The second kappa shape index (κ2) is 11.0. The molecule has 0 unspecified atom stereocenters. The molecule has 0 saturated carbocycles. The summed E-state index contributed by atoms with van der Waals surface area (Å²) in [6.07, 6.45) is 5.22. The minimum Gasteiger partial charge on any atom is -0.329 e. The van der Waals surface area contributed by atoms with Crippen LogP contribution < -0.4 is 16.7 Å². The fourth-order valence-electron chi connectivity index (χ4n) is 3.79. The molecule has 0 aliphatic carbocycles. The van der Waals surface area contributed by atoms with Crippen LogP contribution in [0.3, 0.4) is 0 Å². The van der Waals surface area contributed by atoms with E-state index >= 15 is 0 Å². The Hall–Kier alpha value is -4.23. The molecule has 0 spiro atoms. The van der Waals surface area contributed by atoms with Gasteiger partial charge in [-0.1, -0.05) is 54.6 Å². The molecule has 0 radical (unpaired) electrons. The van der Waals surface area contributed by atoms with Crippen LogP contribution in [-0.4, -0.2) is 14.1 Å². The molecular weight excluding hydrogens is 518 g/mol. The molecule has 0 bridgehead atoms. The Morgan fingerprint density at radius 3 is 1.81 bits per heavy atom. The Morgan fingerprint density at radius 1 is 0.611 bits per heavy atom. The molecule has 7 heteroatoms. The molecule has 0 saturated heterocycles. The number of benzene rings is 3. The maximum Gasteiger partial charge on any atom is 0.258 e. The molecule has 0 atom stereocenters. The van der Waals surface area contributed by atoms with Crippen molar-refractivity contribution in [1.82, 2.24) is 14.1 Å². The fraction of sp³-hybridized carbons (Fsp3) is 0.0690. The number of fused-ring (bicyclic) bond motifs is 3. The first-order chi connectivity index (χ1) is 17.4. The van der Waals surface area contributed by atoms with Crippen molar-refractivity contribution in [2.24, 2.45) is 14.1 Å². The van der Waals surface area contributed by atoms with Gasteiger partial charge in [-0.2, -0.15) is 0 Å². The molecule has 0 aliphatic rings. The van der Waals surface area contributed by atoms with Gasteiger partial charge in [0.15, 0.2) is 0 Å². The molecule has 0 fully saturated rings. The number of aromatic amines is 1. The van der Waals surface area contributed by atoms with Crippen LogP contribution in [0.15, 0.2) is 122 Å². The van der Waals surface area contributed by atoms with Crippen molar-refractivity contribution < 1.29 is 0 Å². The average Bonchev–Trinajstić information content (AvgIpc) is 2.91. The SMILES string of the molecule is Cn1cc(Br)c2ccccc2c1=O.Cn1ccc2ccccc2c1=O.O=c1[nH]ccc2ccccc12. The van der Waals surface area contributed by atoms with Gasteiger partial charge in [-0.3, -0.25) is 14.4 Å². The largest absolute Gasteiger partial charge is 0.329 e. The van der Waals surface area contributed by atoms with Gasteiger partial charge < -0.3 is 14.1 Å². The molecule has 180 valence electrons. The summed E-state index contributed by atoms with van der Waals surface area (Å²) >= 11 is 3.42. The Kier molecular flexibility index (Phi) is 7.61. The molecule has 6 aromatic rings. The molecule has 6 nitrogen and oxygen atoms in total. The van der Waals surface area contributed by atoms with Gasteiger partial charge in [0.05, 0.1) is 0 Å². The second-order valence-corrected chi connectivity index (χ2v) is 9.01. The van der Waals surface area contributed by atoms with E-state index in [2.05, 4.69) is 20.9 Å². The standard InChI is InChI=1S/C10H8BrNO.C10H9NO.C9H7NO/c1-12-6-9(11)7-4-2-3-5-8(7)10(12)13;1-11-7-6-8-4-2-3-5-9(8)10(11)12;11-9-8-4-2-1-3-7(8)5-6-10-9/h2-6H,1H3;2-7H,1H3;1-6H,(H,10,11). The van der Waals surface area contributed by atoms with Gasteiger partial charge in [0.2, 0.25) is 0 Å². The lowest BCUT2D eigenvalue weighted by molar-refractivity contribution is 0.869. The number of nitrogens with zero attached hydrogens (tertiary/aromatic N) is 2. The molecule has 3 aromatic heterocycles. The number of hydrogen-bond acceptors (Lipinski definition) is 3. The number of rotatable bonds is 0. The van der Waals surface area contributed by atoms with Crippen LogP contribution in [0.25, 0.3) is 32.3 Å². The molecule has 1 N–H and O–H groups in total. The van der Waals surface area contributed by atoms with Gasteiger partial charge in [-0.15, -0.1) is 0 Å². The van der Waals surface area contributed by atoms with E-state index in [9.17, 15) is 14.4 Å². The number of pyridine rings is 3. The first-order valence-electron chi connectivity index (χ1n) is 11.2. The molecule has 3 aromatic carbocycles. The van der Waals surface area contributed by atoms with Crippen molar-refractivity contribution >= 4 is 48.2 Å². The summed E-state index contributed by atoms with van der Waals surface area (Å²) in [5.74, 6) is 0. The molecule has 0 aliphatic heterocycles. The van der Waals surface area contributed by atoms with Gasteiger partial charge in [0.25, 0.3) is 16.7 Å². The van der Waals surface area contributed by atoms with Crippen molar-refractivity contribution in [2.45, 2.75) is 0 Å². The molecule has 36 heavy (non-hydrogen) atoms. The Morgan fingerprint density at radius 2 is 1.14 bits per heavy atom. The van der Waals surface area contributed by atoms with Crippen LogP contribution in [0.5, 0.6) is 0 Å². The lowest BCUT2D eigenvalue weighted by atomic mass is 10.2. The first kappa shape index (κ1) is 24.9. The third-order valence-electron chi connectivity index (χ3n) is 5.71. The molecule has 3 heterocycles. The monoisotopic (exact) mass is 541 g/mol. The van der Waals surface area contributed by atoms with Gasteiger partial charge in [-0.05, 0) is 57.0 Å². The maximum absolute atomic E-state index is 11.6. The first-order valence-corrected chi connectivity index (χ1v) is 12.0. The van der Waals surface area contributed by atoms with E-state index in [0.717, 1.165) is 36.8 Å². The van der Waals surface area contributed by atoms with Crippen LogP contribution in [0.1, 0.15) is 0 Å². The zero-order chi connectivity index (χ0) is 25.7. The second-order valence-electron chi connectivity index (χ2n) is 8.15. The van der Waals surface area contributed by atoms with Crippen molar-refractivity contribution in [2.75, 3.05) is 0 Å². The van der Waals surface area contributed by atoms with Gasteiger partial charge in [0, 0.05) is 58.7 Å². The highest BCUT2D eigenvalue weighted by atomic mass is 79.9. The number of aromatic nitrogens is 3. The fourth-order valence-corrected chi connectivity index (χ4v) is 4.44. The van der Waals surface area contributed by atoms with E-state index in [1.165, 1.54) is 0 Å². The zero-order valence-corrected chi connectivity index (χ0v) is 21.4. The van der Waals surface area contributed by atoms with Crippen LogP contribution >= 0.6 is 15.9 Å². The highest BCUT2D eigenvalue weighted by molar-refractivity contribution is 9.10. The molecule has 6 rings (SSSR count). The van der Waals surface area contributed by atoms with Crippen molar-refractivity contribution in [1.29, 1.82) is 0 Å². The number of halogens is 1. The summed E-state index contributed by atoms with van der Waals surface area (Å²) in [5.41, 5.74) is 0.0787. The number of nitrogens with one attached hydrogen (secondary N) is 1.